The molecule has 3 N–H and O–H groups in total. The topological polar surface area (TPSA) is 55.1 Å². The minimum Gasteiger partial charge on any atom is -0.322 e. The second-order valence-corrected chi connectivity index (χ2v) is 4.17. The molecular weight excluding hydrogens is 219 g/mol. The van der Waals surface area contributed by atoms with E-state index in [1.54, 1.807) is 19.1 Å². The maximum atomic E-state index is 13.5. The van der Waals surface area contributed by atoms with Crippen LogP contribution in [0.25, 0.3) is 0 Å². The van der Waals surface area contributed by atoms with Crippen molar-refractivity contribution in [2.75, 3.05) is 5.32 Å². The lowest BCUT2D eigenvalue weighted by Gasteiger charge is -2.13. The van der Waals surface area contributed by atoms with Crippen molar-refractivity contribution in [2.45, 2.75) is 39.2 Å². The van der Waals surface area contributed by atoms with E-state index in [9.17, 15) is 9.18 Å². The fourth-order valence-electron chi connectivity index (χ4n) is 1.56. The molecule has 0 aromatic heterocycles. The Morgan fingerprint density at radius 1 is 1.53 bits per heavy atom. The Hall–Kier alpha value is -1.42. The Bertz CT molecular complexity index is 373. The first kappa shape index (κ1) is 13.6. The van der Waals surface area contributed by atoms with E-state index >= 15 is 0 Å². The van der Waals surface area contributed by atoms with E-state index in [1.165, 1.54) is 6.07 Å². The minimum atomic E-state index is -0.575. The van der Waals surface area contributed by atoms with Crippen LogP contribution in [0.15, 0.2) is 18.2 Å². The molecule has 0 radical (unpaired) electrons. The van der Waals surface area contributed by atoms with Crippen LogP contribution in [0.1, 0.15) is 31.7 Å². The SMILES string of the molecule is CCCCC(N)C(=O)Nc1c(C)cccc1F. The molecule has 0 aliphatic heterocycles. The summed E-state index contributed by atoms with van der Waals surface area (Å²) in [5, 5.41) is 2.55. The second-order valence-electron chi connectivity index (χ2n) is 4.17. The smallest absolute Gasteiger partial charge is 0.241 e. The standard InChI is InChI=1S/C13H19FN2O/c1-3-4-8-11(15)13(17)16-12-9(2)6-5-7-10(12)14/h5-7,11H,3-4,8,15H2,1-2H3,(H,16,17). The fourth-order valence-corrected chi connectivity index (χ4v) is 1.56. The third-order valence-electron chi connectivity index (χ3n) is 2.68. The highest BCUT2D eigenvalue weighted by Crippen LogP contribution is 2.18. The molecule has 0 aliphatic carbocycles. The lowest BCUT2D eigenvalue weighted by molar-refractivity contribution is -0.117. The summed E-state index contributed by atoms with van der Waals surface area (Å²) >= 11 is 0. The highest BCUT2D eigenvalue weighted by molar-refractivity contribution is 5.95. The van der Waals surface area contributed by atoms with Crippen molar-refractivity contribution in [1.29, 1.82) is 0 Å². The number of amides is 1. The van der Waals surface area contributed by atoms with E-state index in [0.29, 0.717) is 12.0 Å². The zero-order chi connectivity index (χ0) is 12.8. The summed E-state index contributed by atoms with van der Waals surface area (Å²) in [6, 6.07) is 4.10. The molecule has 0 fully saturated rings. The average Bonchev–Trinajstić information content (AvgIpc) is 2.30. The van der Waals surface area contributed by atoms with Gasteiger partial charge in [0, 0.05) is 0 Å². The van der Waals surface area contributed by atoms with Crippen LogP contribution in [0.3, 0.4) is 0 Å². The van der Waals surface area contributed by atoms with Crippen LogP contribution in [0.2, 0.25) is 0 Å². The molecule has 0 aliphatic rings. The van der Waals surface area contributed by atoms with Gasteiger partial charge in [0.1, 0.15) is 5.82 Å². The number of hydrogen-bond acceptors (Lipinski definition) is 2. The normalized spacial score (nSPS) is 12.2. The van der Waals surface area contributed by atoms with Crippen molar-refractivity contribution in [1.82, 2.24) is 0 Å². The lowest BCUT2D eigenvalue weighted by atomic mass is 10.1. The number of benzene rings is 1. The van der Waals surface area contributed by atoms with Gasteiger partial charge in [0.2, 0.25) is 5.91 Å². The molecule has 1 rings (SSSR count). The lowest BCUT2D eigenvalue weighted by Crippen LogP contribution is -2.35. The number of carbonyl (C=O) groups is 1. The first-order valence-electron chi connectivity index (χ1n) is 5.87. The third kappa shape index (κ3) is 3.82. The number of rotatable bonds is 5. The van der Waals surface area contributed by atoms with Gasteiger partial charge in [0.25, 0.3) is 0 Å². The summed E-state index contributed by atoms with van der Waals surface area (Å²) in [4.78, 5) is 11.7. The molecule has 0 spiro atoms. The second kappa shape index (κ2) is 6.35. The Morgan fingerprint density at radius 2 is 2.24 bits per heavy atom. The first-order chi connectivity index (χ1) is 8.06. The minimum absolute atomic E-state index is 0.226. The van der Waals surface area contributed by atoms with E-state index in [2.05, 4.69) is 5.32 Å². The number of aryl methyl sites for hydroxylation is 1. The van der Waals surface area contributed by atoms with Crippen molar-refractivity contribution in [3.63, 3.8) is 0 Å². The summed E-state index contributed by atoms with van der Waals surface area (Å²) in [6.45, 7) is 3.78. The van der Waals surface area contributed by atoms with Crippen LogP contribution in [0, 0.1) is 12.7 Å². The zero-order valence-electron chi connectivity index (χ0n) is 10.3. The summed E-state index contributed by atoms with van der Waals surface area (Å²) in [5.41, 5.74) is 6.64. The van der Waals surface area contributed by atoms with Gasteiger partial charge in [-0.2, -0.15) is 0 Å². The molecule has 94 valence electrons. The molecule has 1 unspecified atom stereocenters. The number of nitrogens with one attached hydrogen (secondary N) is 1. The molecule has 0 saturated carbocycles. The monoisotopic (exact) mass is 238 g/mol. The van der Waals surface area contributed by atoms with Gasteiger partial charge in [-0.3, -0.25) is 4.79 Å². The Morgan fingerprint density at radius 3 is 2.82 bits per heavy atom. The number of carbonyl (C=O) groups excluding carboxylic acids is 1. The number of hydrogen-bond donors (Lipinski definition) is 2. The van der Waals surface area contributed by atoms with Gasteiger partial charge in [0.15, 0.2) is 0 Å². The number of nitrogens with two attached hydrogens (primary N) is 1. The van der Waals surface area contributed by atoms with E-state index in [-0.39, 0.29) is 11.6 Å². The Balaban J connectivity index is 2.68. The summed E-state index contributed by atoms with van der Waals surface area (Å²) in [7, 11) is 0. The van der Waals surface area contributed by atoms with Crippen LogP contribution in [0.5, 0.6) is 0 Å². The largest absolute Gasteiger partial charge is 0.322 e. The third-order valence-corrected chi connectivity index (χ3v) is 2.68. The van der Waals surface area contributed by atoms with Crippen LogP contribution in [0.4, 0.5) is 10.1 Å². The van der Waals surface area contributed by atoms with Gasteiger partial charge < -0.3 is 11.1 Å². The summed E-state index contributed by atoms with van der Waals surface area (Å²) < 4.78 is 13.5. The van der Waals surface area contributed by atoms with Crippen molar-refractivity contribution in [3.8, 4) is 0 Å². The van der Waals surface area contributed by atoms with Gasteiger partial charge in [-0.25, -0.2) is 4.39 Å². The predicted octanol–water partition coefficient (Wildman–Crippen LogP) is 2.59. The van der Waals surface area contributed by atoms with Crippen molar-refractivity contribution < 1.29 is 9.18 Å². The van der Waals surface area contributed by atoms with Crippen LogP contribution in [-0.4, -0.2) is 11.9 Å². The quantitative estimate of drug-likeness (QED) is 0.828. The molecule has 0 bridgehead atoms. The fraction of sp³-hybridized carbons (Fsp3) is 0.462. The van der Waals surface area contributed by atoms with E-state index in [0.717, 1.165) is 12.8 Å². The van der Waals surface area contributed by atoms with Gasteiger partial charge in [-0.1, -0.05) is 31.9 Å². The highest BCUT2D eigenvalue weighted by Gasteiger charge is 2.15. The summed E-state index contributed by atoms with van der Waals surface area (Å²) in [5.74, 6) is -0.757. The van der Waals surface area contributed by atoms with Gasteiger partial charge in [0.05, 0.1) is 11.7 Å². The van der Waals surface area contributed by atoms with Crippen LogP contribution >= 0.6 is 0 Å². The molecule has 17 heavy (non-hydrogen) atoms. The molecule has 0 heterocycles. The molecular formula is C13H19FN2O. The van der Waals surface area contributed by atoms with E-state index in [1.807, 2.05) is 6.92 Å². The Labute approximate surface area is 101 Å². The zero-order valence-corrected chi connectivity index (χ0v) is 10.3. The van der Waals surface area contributed by atoms with E-state index in [4.69, 9.17) is 5.73 Å². The van der Waals surface area contributed by atoms with Crippen molar-refractivity contribution in [2.24, 2.45) is 5.73 Å². The molecule has 1 aromatic rings. The maximum Gasteiger partial charge on any atom is 0.241 e. The molecule has 1 amide bonds. The highest BCUT2D eigenvalue weighted by atomic mass is 19.1. The molecule has 1 atom stereocenters. The molecule has 3 nitrogen and oxygen atoms in total. The van der Waals surface area contributed by atoms with Crippen LogP contribution in [-0.2, 0) is 4.79 Å². The number of unbranched alkanes of at least 4 members (excludes halogenated alkanes) is 1. The number of anilines is 1. The predicted molar refractivity (Wildman–Crippen MR) is 67.3 cm³/mol. The average molecular weight is 238 g/mol. The van der Waals surface area contributed by atoms with Crippen molar-refractivity contribution >= 4 is 11.6 Å². The molecule has 1 aromatic carbocycles. The van der Waals surface area contributed by atoms with E-state index < -0.39 is 11.9 Å². The summed E-state index contributed by atoms with van der Waals surface area (Å²) in [6.07, 6.45) is 2.50. The number of halogens is 1. The molecule has 0 saturated heterocycles. The maximum absolute atomic E-state index is 13.5. The van der Waals surface area contributed by atoms with Crippen molar-refractivity contribution in [3.05, 3.63) is 29.6 Å². The first-order valence-corrected chi connectivity index (χ1v) is 5.87. The van der Waals surface area contributed by atoms with Gasteiger partial charge >= 0.3 is 0 Å². The van der Waals surface area contributed by atoms with Gasteiger partial charge in [-0.05, 0) is 25.0 Å². The molecule has 4 heteroatoms. The van der Waals surface area contributed by atoms with Crippen LogP contribution < -0.4 is 11.1 Å². The Kier molecular flexibility index (Phi) is 5.10. The number of para-hydroxylation sites is 1. The van der Waals surface area contributed by atoms with Gasteiger partial charge in [-0.15, -0.1) is 0 Å².